The number of aromatic nitrogens is 2. The van der Waals surface area contributed by atoms with Gasteiger partial charge in [0, 0.05) is 24.7 Å². The van der Waals surface area contributed by atoms with Crippen molar-refractivity contribution in [2.45, 2.75) is 31.8 Å². The van der Waals surface area contributed by atoms with Crippen molar-refractivity contribution in [1.29, 1.82) is 0 Å². The maximum atomic E-state index is 13.0. The van der Waals surface area contributed by atoms with Crippen LogP contribution in [0.1, 0.15) is 25.3 Å². The number of hydrogen-bond acceptors (Lipinski definition) is 6. The summed E-state index contributed by atoms with van der Waals surface area (Å²) in [5.74, 6) is 7.34. The van der Waals surface area contributed by atoms with Crippen LogP contribution >= 0.6 is 0 Å². The van der Waals surface area contributed by atoms with E-state index in [2.05, 4.69) is 43.1 Å². The molecule has 0 aliphatic heterocycles. The fraction of sp³-hybridized carbons (Fsp3) is 0.381. The summed E-state index contributed by atoms with van der Waals surface area (Å²) in [6, 6.07) is 5.96. The normalized spacial score (nSPS) is 18.6. The molecule has 29 heavy (non-hydrogen) atoms. The van der Waals surface area contributed by atoms with Gasteiger partial charge in [-0.3, -0.25) is 4.79 Å². The number of amides is 1. The molecule has 0 spiro atoms. The molecule has 4 N–H and O–H groups in total. The molecule has 1 aromatic carbocycles. The van der Waals surface area contributed by atoms with Crippen molar-refractivity contribution in [1.82, 2.24) is 20.6 Å². The van der Waals surface area contributed by atoms with Gasteiger partial charge in [-0.25, -0.2) is 9.37 Å². The summed E-state index contributed by atoms with van der Waals surface area (Å²) < 4.78 is 13.0. The molecule has 0 saturated heterocycles. The number of likely N-dealkylation sites (N-methyl/N-ethyl adjacent to an activating group) is 1. The van der Waals surface area contributed by atoms with E-state index in [9.17, 15) is 9.18 Å². The Kier molecular flexibility index (Phi) is 6.62. The Balaban J connectivity index is 1.58. The molecule has 1 heterocycles. The molecule has 2 aromatic rings. The van der Waals surface area contributed by atoms with Crippen LogP contribution in [0.2, 0.25) is 0 Å². The molecule has 0 radical (unpaired) electrons. The highest BCUT2D eigenvalue weighted by atomic mass is 19.1. The first-order valence-electron chi connectivity index (χ1n) is 9.55. The minimum Gasteiger partial charge on any atom is -0.372 e. The molecule has 1 atom stereocenters. The van der Waals surface area contributed by atoms with E-state index in [0.29, 0.717) is 23.0 Å². The van der Waals surface area contributed by atoms with Crippen LogP contribution in [-0.4, -0.2) is 42.1 Å². The summed E-state index contributed by atoms with van der Waals surface area (Å²) >= 11 is 0. The lowest BCUT2D eigenvalue weighted by molar-refractivity contribution is -0.124. The number of carbonyl (C=O) groups excluding carboxylic acids is 1. The lowest BCUT2D eigenvalue weighted by Gasteiger charge is -2.33. The van der Waals surface area contributed by atoms with Crippen LogP contribution in [0.5, 0.6) is 0 Å². The summed E-state index contributed by atoms with van der Waals surface area (Å²) in [7, 11) is 3.54. The summed E-state index contributed by atoms with van der Waals surface area (Å²) in [6.45, 7) is 1.83. The smallest absolute Gasteiger partial charge is 0.237 e. The van der Waals surface area contributed by atoms with Crippen molar-refractivity contribution in [2.75, 3.05) is 24.7 Å². The molecule has 1 aliphatic rings. The average molecular weight is 396 g/mol. The van der Waals surface area contributed by atoms with E-state index in [0.717, 1.165) is 12.8 Å². The third-order valence-corrected chi connectivity index (χ3v) is 4.85. The second kappa shape index (κ2) is 9.34. The molecule has 0 unspecified atom stereocenters. The van der Waals surface area contributed by atoms with E-state index in [1.54, 1.807) is 32.4 Å². The number of nitrogens with zero attached hydrogens (tertiary/aromatic N) is 2. The van der Waals surface area contributed by atoms with Gasteiger partial charge in [-0.15, -0.1) is 0 Å². The Morgan fingerprint density at radius 1 is 1.24 bits per heavy atom. The van der Waals surface area contributed by atoms with Gasteiger partial charge in [0.15, 0.2) is 0 Å². The van der Waals surface area contributed by atoms with Gasteiger partial charge in [0.2, 0.25) is 11.9 Å². The molecule has 1 aromatic heterocycles. The third-order valence-electron chi connectivity index (χ3n) is 4.85. The fourth-order valence-electron chi connectivity index (χ4n) is 2.88. The van der Waals surface area contributed by atoms with Crippen molar-refractivity contribution in [3.63, 3.8) is 0 Å². The fourth-order valence-corrected chi connectivity index (χ4v) is 2.88. The Bertz CT molecular complexity index is 915. The van der Waals surface area contributed by atoms with E-state index < -0.39 is 0 Å². The quantitative estimate of drug-likeness (QED) is 0.560. The second-order valence-corrected chi connectivity index (χ2v) is 6.99. The Labute approximate surface area is 169 Å². The van der Waals surface area contributed by atoms with Gasteiger partial charge < -0.3 is 21.3 Å². The Morgan fingerprint density at radius 3 is 2.62 bits per heavy atom. The molecule has 7 nitrogen and oxygen atoms in total. The van der Waals surface area contributed by atoms with Crippen LogP contribution in [0.25, 0.3) is 0 Å². The van der Waals surface area contributed by atoms with Crippen LogP contribution in [0.15, 0.2) is 30.5 Å². The SMILES string of the molecule is CNc1nc(Nc2ccc(F)cc2)ncc1C#CC1CC(NC(=O)[C@H](C)NC)C1. The average Bonchev–Trinajstić information content (AvgIpc) is 2.70. The molecule has 1 fully saturated rings. The highest BCUT2D eigenvalue weighted by molar-refractivity contribution is 5.81. The van der Waals surface area contributed by atoms with Crippen LogP contribution in [0, 0.1) is 23.6 Å². The number of halogens is 1. The Morgan fingerprint density at radius 2 is 1.97 bits per heavy atom. The van der Waals surface area contributed by atoms with Gasteiger partial charge in [-0.1, -0.05) is 11.8 Å². The summed E-state index contributed by atoms with van der Waals surface area (Å²) in [5, 5.41) is 12.0. The minimum atomic E-state index is -0.299. The molecule has 1 amide bonds. The monoisotopic (exact) mass is 396 g/mol. The molecule has 8 heteroatoms. The van der Waals surface area contributed by atoms with Gasteiger partial charge >= 0.3 is 0 Å². The second-order valence-electron chi connectivity index (χ2n) is 6.99. The first kappa shape index (κ1) is 20.6. The van der Waals surface area contributed by atoms with Crippen LogP contribution in [-0.2, 0) is 4.79 Å². The van der Waals surface area contributed by atoms with Crippen molar-refractivity contribution >= 4 is 23.4 Å². The van der Waals surface area contributed by atoms with Crippen molar-refractivity contribution in [2.24, 2.45) is 5.92 Å². The van der Waals surface area contributed by atoms with E-state index in [-0.39, 0.29) is 29.7 Å². The molecular weight excluding hydrogens is 371 g/mol. The predicted molar refractivity (Wildman–Crippen MR) is 111 cm³/mol. The maximum absolute atomic E-state index is 13.0. The minimum absolute atomic E-state index is 0.0130. The molecule has 1 aliphatic carbocycles. The topological polar surface area (TPSA) is 91.0 Å². The first-order chi connectivity index (χ1) is 14.0. The van der Waals surface area contributed by atoms with Gasteiger partial charge in [0.05, 0.1) is 17.8 Å². The lowest BCUT2D eigenvalue weighted by atomic mass is 9.80. The van der Waals surface area contributed by atoms with Crippen molar-refractivity contribution in [3.05, 3.63) is 41.8 Å². The zero-order valence-corrected chi connectivity index (χ0v) is 16.7. The number of carbonyl (C=O) groups is 1. The lowest BCUT2D eigenvalue weighted by Crippen LogP contribution is -2.49. The third kappa shape index (κ3) is 5.42. The number of anilines is 3. The zero-order valence-electron chi connectivity index (χ0n) is 16.7. The molecule has 0 bridgehead atoms. The largest absolute Gasteiger partial charge is 0.372 e. The number of rotatable bonds is 6. The standard InChI is InChI=1S/C21H25FN6O/c1-13(23-2)20(29)26-18-10-14(11-18)4-5-15-12-25-21(28-19(15)24-3)27-17-8-6-16(22)7-9-17/h6-9,12-14,18,23H,10-11H2,1-3H3,(H,26,29)(H2,24,25,27,28)/t13-,14?,18?/m0/s1. The molecule has 1 saturated carbocycles. The summed E-state index contributed by atoms with van der Waals surface area (Å²) in [4.78, 5) is 20.6. The summed E-state index contributed by atoms with van der Waals surface area (Å²) in [5.41, 5.74) is 1.40. The summed E-state index contributed by atoms with van der Waals surface area (Å²) in [6.07, 6.45) is 3.34. The van der Waals surface area contributed by atoms with Crippen LogP contribution in [0.4, 0.5) is 21.8 Å². The zero-order chi connectivity index (χ0) is 20.8. The van der Waals surface area contributed by atoms with Crippen LogP contribution in [0.3, 0.4) is 0 Å². The van der Waals surface area contributed by atoms with E-state index in [1.165, 1.54) is 12.1 Å². The maximum Gasteiger partial charge on any atom is 0.237 e. The van der Waals surface area contributed by atoms with Crippen LogP contribution < -0.4 is 21.3 Å². The number of nitrogens with one attached hydrogen (secondary N) is 4. The highest BCUT2D eigenvalue weighted by Crippen LogP contribution is 2.27. The van der Waals surface area contributed by atoms with Gasteiger partial charge in [0.1, 0.15) is 11.6 Å². The molecular formula is C21H25FN6O. The highest BCUT2D eigenvalue weighted by Gasteiger charge is 2.29. The first-order valence-corrected chi connectivity index (χ1v) is 9.55. The van der Waals surface area contributed by atoms with Crippen molar-refractivity contribution in [3.8, 4) is 11.8 Å². The molecule has 3 rings (SSSR count). The predicted octanol–water partition coefficient (Wildman–Crippen LogP) is 2.26. The van der Waals surface area contributed by atoms with E-state index in [4.69, 9.17) is 0 Å². The Hall–Kier alpha value is -3.18. The number of benzene rings is 1. The molecule has 152 valence electrons. The number of hydrogen-bond donors (Lipinski definition) is 4. The van der Waals surface area contributed by atoms with E-state index in [1.807, 2.05) is 6.92 Å². The van der Waals surface area contributed by atoms with Crippen molar-refractivity contribution < 1.29 is 9.18 Å². The van der Waals surface area contributed by atoms with E-state index >= 15 is 0 Å². The van der Waals surface area contributed by atoms with Gasteiger partial charge in [-0.2, -0.15) is 4.98 Å². The van der Waals surface area contributed by atoms with Gasteiger partial charge in [0.25, 0.3) is 0 Å². The van der Waals surface area contributed by atoms with Gasteiger partial charge in [-0.05, 0) is 51.1 Å².